The third-order valence-electron chi connectivity index (χ3n) is 5.60. The van der Waals surface area contributed by atoms with Crippen molar-refractivity contribution < 1.29 is 9.90 Å². The first-order valence-electron chi connectivity index (χ1n) is 7.82. The molecule has 0 amide bonds. The first kappa shape index (κ1) is 13.9. The Balaban J connectivity index is 2.16. The van der Waals surface area contributed by atoms with Gasteiger partial charge in [-0.15, -0.1) is 0 Å². The standard InChI is InChI=1S/C16H28O2/c1-3-13-7-4-8-14(10-13)16(15(17)18)9-5-6-12(2)11-16/h12-14H,3-11H2,1-2H3,(H,17,18). The van der Waals surface area contributed by atoms with Crippen molar-refractivity contribution in [1.82, 2.24) is 0 Å². The summed E-state index contributed by atoms with van der Waals surface area (Å²) in [5, 5.41) is 9.82. The predicted octanol–water partition coefficient (Wildman–Crippen LogP) is 4.48. The highest BCUT2D eigenvalue weighted by molar-refractivity contribution is 5.75. The minimum absolute atomic E-state index is 0.383. The van der Waals surface area contributed by atoms with E-state index in [0.29, 0.717) is 11.8 Å². The largest absolute Gasteiger partial charge is 0.481 e. The lowest BCUT2D eigenvalue weighted by Gasteiger charge is -2.45. The molecule has 4 unspecified atom stereocenters. The van der Waals surface area contributed by atoms with E-state index in [1.54, 1.807) is 0 Å². The summed E-state index contributed by atoms with van der Waals surface area (Å²) in [5.41, 5.74) is -0.383. The summed E-state index contributed by atoms with van der Waals surface area (Å²) in [6.45, 7) is 4.49. The van der Waals surface area contributed by atoms with E-state index in [4.69, 9.17) is 0 Å². The quantitative estimate of drug-likeness (QED) is 0.804. The normalized spacial score (nSPS) is 41.6. The highest BCUT2D eigenvalue weighted by Gasteiger charge is 2.48. The second kappa shape index (κ2) is 5.63. The molecule has 2 aliphatic carbocycles. The molecule has 18 heavy (non-hydrogen) atoms. The van der Waals surface area contributed by atoms with E-state index in [-0.39, 0.29) is 5.41 Å². The van der Waals surface area contributed by atoms with Crippen LogP contribution in [0.25, 0.3) is 0 Å². The second-order valence-corrected chi connectivity index (χ2v) is 6.80. The molecule has 2 aliphatic rings. The van der Waals surface area contributed by atoms with Crippen LogP contribution < -0.4 is 0 Å². The zero-order valence-electron chi connectivity index (χ0n) is 12.0. The number of rotatable bonds is 3. The van der Waals surface area contributed by atoms with Gasteiger partial charge in [-0.25, -0.2) is 0 Å². The number of hydrogen-bond donors (Lipinski definition) is 1. The number of aliphatic carboxylic acids is 1. The first-order chi connectivity index (χ1) is 8.58. The second-order valence-electron chi connectivity index (χ2n) is 6.80. The van der Waals surface area contributed by atoms with Crippen molar-refractivity contribution in [1.29, 1.82) is 0 Å². The molecule has 4 atom stereocenters. The Morgan fingerprint density at radius 2 is 2.06 bits per heavy atom. The SMILES string of the molecule is CCC1CCCC(C2(C(=O)O)CCCC(C)C2)C1. The fourth-order valence-electron chi connectivity index (χ4n) is 4.50. The smallest absolute Gasteiger partial charge is 0.309 e. The third-order valence-corrected chi connectivity index (χ3v) is 5.60. The number of carbonyl (C=O) groups is 1. The van der Waals surface area contributed by atoms with Crippen LogP contribution in [-0.4, -0.2) is 11.1 Å². The molecule has 2 fully saturated rings. The Hall–Kier alpha value is -0.530. The predicted molar refractivity (Wildman–Crippen MR) is 73.4 cm³/mol. The molecule has 2 nitrogen and oxygen atoms in total. The van der Waals surface area contributed by atoms with Gasteiger partial charge in [0, 0.05) is 0 Å². The van der Waals surface area contributed by atoms with E-state index in [0.717, 1.165) is 38.0 Å². The molecule has 2 heteroatoms. The van der Waals surface area contributed by atoms with E-state index in [1.807, 2.05) is 0 Å². The lowest BCUT2D eigenvalue weighted by Crippen LogP contribution is -2.44. The van der Waals surface area contributed by atoms with Gasteiger partial charge in [0.1, 0.15) is 0 Å². The summed E-state index contributed by atoms with van der Waals surface area (Å²) in [5.74, 6) is 1.31. The van der Waals surface area contributed by atoms with Crippen molar-refractivity contribution >= 4 is 5.97 Å². The number of carboxylic acids is 1. The van der Waals surface area contributed by atoms with Crippen LogP contribution in [0.3, 0.4) is 0 Å². The Morgan fingerprint density at radius 1 is 1.28 bits per heavy atom. The van der Waals surface area contributed by atoms with E-state index >= 15 is 0 Å². The average Bonchev–Trinajstić information content (AvgIpc) is 2.38. The summed E-state index contributed by atoms with van der Waals surface area (Å²) in [6.07, 6.45) is 10.3. The van der Waals surface area contributed by atoms with Crippen LogP contribution in [0.1, 0.15) is 71.6 Å². The first-order valence-corrected chi connectivity index (χ1v) is 7.82. The Labute approximate surface area is 111 Å². The molecule has 0 spiro atoms. The molecule has 1 N–H and O–H groups in total. The summed E-state index contributed by atoms with van der Waals surface area (Å²) in [6, 6.07) is 0. The average molecular weight is 252 g/mol. The summed E-state index contributed by atoms with van der Waals surface area (Å²) in [7, 11) is 0. The molecule has 0 aromatic rings. The van der Waals surface area contributed by atoms with Gasteiger partial charge in [-0.3, -0.25) is 4.79 Å². The van der Waals surface area contributed by atoms with Gasteiger partial charge in [-0.1, -0.05) is 46.0 Å². The molecule has 0 saturated heterocycles. The van der Waals surface area contributed by atoms with E-state index in [2.05, 4.69) is 13.8 Å². The topological polar surface area (TPSA) is 37.3 Å². The van der Waals surface area contributed by atoms with Gasteiger partial charge in [-0.2, -0.15) is 0 Å². The maximum absolute atomic E-state index is 11.9. The highest BCUT2D eigenvalue weighted by Crippen LogP contribution is 2.51. The molecule has 0 bridgehead atoms. The lowest BCUT2D eigenvalue weighted by molar-refractivity contribution is -0.158. The molecule has 0 aromatic heterocycles. The molecule has 0 aliphatic heterocycles. The number of hydrogen-bond acceptors (Lipinski definition) is 1. The van der Waals surface area contributed by atoms with Crippen LogP contribution in [-0.2, 0) is 4.79 Å². The molecular formula is C16H28O2. The Morgan fingerprint density at radius 3 is 2.67 bits per heavy atom. The molecule has 104 valence electrons. The van der Waals surface area contributed by atoms with Gasteiger partial charge in [-0.05, 0) is 43.4 Å². The van der Waals surface area contributed by atoms with Crippen LogP contribution in [0.5, 0.6) is 0 Å². The summed E-state index contributed by atoms with van der Waals surface area (Å²) in [4.78, 5) is 11.9. The van der Waals surface area contributed by atoms with Gasteiger partial charge < -0.3 is 5.11 Å². The van der Waals surface area contributed by atoms with Crippen LogP contribution in [0, 0.1) is 23.2 Å². The van der Waals surface area contributed by atoms with Crippen molar-refractivity contribution in [2.75, 3.05) is 0 Å². The van der Waals surface area contributed by atoms with Crippen LogP contribution in [0.15, 0.2) is 0 Å². The van der Waals surface area contributed by atoms with Crippen molar-refractivity contribution in [2.24, 2.45) is 23.2 Å². The molecule has 2 saturated carbocycles. The minimum Gasteiger partial charge on any atom is -0.481 e. The van der Waals surface area contributed by atoms with Crippen LogP contribution in [0.2, 0.25) is 0 Å². The van der Waals surface area contributed by atoms with Gasteiger partial charge in [0.15, 0.2) is 0 Å². The van der Waals surface area contributed by atoms with Crippen LogP contribution >= 0.6 is 0 Å². The van der Waals surface area contributed by atoms with E-state index in [1.165, 1.54) is 25.7 Å². The van der Waals surface area contributed by atoms with Crippen molar-refractivity contribution in [3.05, 3.63) is 0 Å². The minimum atomic E-state index is -0.504. The fraction of sp³-hybridized carbons (Fsp3) is 0.938. The molecule has 2 rings (SSSR count). The monoisotopic (exact) mass is 252 g/mol. The molecule has 0 heterocycles. The van der Waals surface area contributed by atoms with Gasteiger partial charge in [0.05, 0.1) is 5.41 Å². The Bertz CT molecular complexity index is 299. The van der Waals surface area contributed by atoms with Crippen molar-refractivity contribution in [3.8, 4) is 0 Å². The van der Waals surface area contributed by atoms with Crippen molar-refractivity contribution in [3.63, 3.8) is 0 Å². The fourth-order valence-corrected chi connectivity index (χ4v) is 4.50. The number of carboxylic acid groups (broad SMARTS) is 1. The summed E-state index contributed by atoms with van der Waals surface area (Å²) >= 11 is 0. The molecule has 0 radical (unpaired) electrons. The van der Waals surface area contributed by atoms with Gasteiger partial charge >= 0.3 is 5.97 Å². The lowest BCUT2D eigenvalue weighted by atomic mass is 9.58. The summed E-state index contributed by atoms with van der Waals surface area (Å²) < 4.78 is 0. The van der Waals surface area contributed by atoms with Crippen LogP contribution in [0.4, 0.5) is 0 Å². The highest BCUT2D eigenvalue weighted by atomic mass is 16.4. The Kier molecular flexibility index (Phi) is 4.34. The van der Waals surface area contributed by atoms with Crippen molar-refractivity contribution in [2.45, 2.75) is 71.6 Å². The van der Waals surface area contributed by atoms with E-state index < -0.39 is 5.97 Å². The maximum Gasteiger partial charge on any atom is 0.309 e. The maximum atomic E-state index is 11.9. The van der Waals surface area contributed by atoms with Gasteiger partial charge in [0.2, 0.25) is 0 Å². The zero-order chi connectivity index (χ0) is 13.2. The molecule has 0 aromatic carbocycles. The van der Waals surface area contributed by atoms with E-state index in [9.17, 15) is 9.90 Å². The van der Waals surface area contributed by atoms with Gasteiger partial charge in [0.25, 0.3) is 0 Å². The zero-order valence-corrected chi connectivity index (χ0v) is 12.0. The third kappa shape index (κ3) is 2.57. The molecular weight excluding hydrogens is 224 g/mol.